The number of benzene rings is 1. The molecule has 0 amide bonds. The molecule has 124 valence electrons. The van der Waals surface area contributed by atoms with Crippen LogP contribution in [0.15, 0.2) is 22.5 Å². The second kappa shape index (κ2) is 8.88. The molecule has 7 heteroatoms. The summed E-state index contributed by atoms with van der Waals surface area (Å²) >= 11 is 3.01. The molecule has 0 aliphatic carbocycles. The molecule has 0 spiro atoms. The number of hydrogen-bond acceptors (Lipinski definition) is 7. The average molecular weight is 351 g/mol. The first kappa shape index (κ1) is 17.7. The third-order valence-electron chi connectivity index (χ3n) is 3.25. The second-order valence-electron chi connectivity index (χ2n) is 5.06. The van der Waals surface area contributed by atoms with Gasteiger partial charge in [0, 0.05) is 11.4 Å². The lowest BCUT2D eigenvalue weighted by atomic mass is 10.1. The van der Waals surface area contributed by atoms with E-state index in [1.807, 2.05) is 19.1 Å². The van der Waals surface area contributed by atoms with Crippen LogP contribution in [0, 0.1) is 13.8 Å². The van der Waals surface area contributed by atoms with Gasteiger partial charge >= 0.3 is 5.97 Å². The maximum absolute atomic E-state index is 11.4. The quantitative estimate of drug-likeness (QED) is 0.564. The number of rotatable bonds is 8. The Morgan fingerprint density at radius 3 is 2.96 bits per heavy atom. The molecule has 2 rings (SSSR count). The summed E-state index contributed by atoms with van der Waals surface area (Å²) in [6.45, 7) is 6.63. The zero-order valence-electron chi connectivity index (χ0n) is 13.6. The van der Waals surface area contributed by atoms with Gasteiger partial charge in [-0.25, -0.2) is 0 Å². The first-order chi connectivity index (χ1) is 11.1. The Labute approximate surface area is 144 Å². The van der Waals surface area contributed by atoms with E-state index in [-0.39, 0.29) is 5.97 Å². The molecular formula is C16H21N3O2S2. The summed E-state index contributed by atoms with van der Waals surface area (Å²) in [6, 6.07) is 6.13. The van der Waals surface area contributed by atoms with E-state index in [2.05, 4.69) is 35.4 Å². The van der Waals surface area contributed by atoms with E-state index in [9.17, 15) is 4.79 Å². The van der Waals surface area contributed by atoms with Crippen LogP contribution in [-0.2, 0) is 9.53 Å². The van der Waals surface area contributed by atoms with Gasteiger partial charge in [0.25, 0.3) is 0 Å². The van der Waals surface area contributed by atoms with Crippen molar-refractivity contribution in [3.63, 3.8) is 0 Å². The fourth-order valence-corrected chi connectivity index (χ4v) is 3.58. The van der Waals surface area contributed by atoms with E-state index in [4.69, 9.17) is 4.74 Å². The molecule has 0 aliphatic rings. The molecule has 0 bridgehead atoms. The van der Waals surface area contributed by atoms with Crippen LogP contribution in [0.3, 0.4) is 0 Å². The smallest absolute Gasteiger partial charge is 0.306 e. The van der Waals surface area contributed by atoms with Crippen LogP contribution in [0.5, 0.6) is 0 Å². The van der Waals surface area contributed by atoms with Crippen LogP contribution in [0.2, 0.25) is 0 Å². The van der Waals surface area contributed by atoms with Crippen molar-refractivity contribution in [3.8, 4) is 0 Å². The Morgan fingerprint density at radius 1 is 1.35 bits per heavy atom. The molecule has 1 heterocycles. The first-order valence-electron chi connectivity index (χ1n) is 7.55. The average Bonchev–Trinajstić information content (AvgIpc) is 2.97. The van der Waals surface area contributed by atoms with Gasteiger partial charge < -0.3 is 10.1 Å². The highest BCUT2D eigenvalue weighted by Gasteiger charge is 2.09. The summed E-state index contributed by atoms with van der Waals surface area (Å²) in [5.74, 6) is 0.498. The lowest BCUT2D eigenvalue weighted by Crippen LogP contribution is -2.05. The molecule has 1 N–H and O–H groups in total. The van der Waals surface area contributed by atoms with E-state index in [0.717, 1.165) is 21.6 Å². The molecule has 2 aromatic rings. The number of anilines is 2. The largest absolute Gasteiger partial charge is 0.466 e. The van der Waals surface area contributed by atoms with Crippen molar-refractivity contribution >= 4 is 39.9 Å². The number of nitrogens with one attached hydrogen (secondary N) is 1. The standard InChI is InChI=1S/C16H21N3O2S2/c1-4-9-21-14(20)8-10-22-16-19-18-15(23-16)17-13-7-5-6-11(2)12(13)3/h5-7H,4,8-10H2,1-3H3,(H,17,18). The van der Waals surface area contributed by atoms with Crippen molar-refractivity contribution in [2.24, 2.45) is 0 Å². The van der Waals surface area contributed by atoms with E-state index < -0.39 is 0 Å². The molecule has 0 aliphatic heterocycles. The fraction of sp³-hybridized carbons (Fsp3) is 0.438. The number of esters is 1. The number of carbonyl (C=O) groups excluding carboxylic acids is 1. The predicted octanol–water partition coefficient (Wildman–Crippen LogP) is 4.33. The number of hydrogen-bond donors (Lipinski definition) is 1. The molecule has 0 atom stereocenters. The molecule has 0 saturated carbocycles. The number of carbonyl (C=O) groups is 1. The first-order valence-corrected chi connectivity index (χ1v) is 9.35. The summed E-state index contributed by atoms with van der Waals surface area (Å²) in [4.78, 5) is 11.4. The fourth-order valence-electron chi connectivity index (χ4n) is 1.83. The molecular weight excluding hydrogens is 330 g/mol. The predicted molar refractivity (Wildman–Crippen MR) is 95.7 cm³/mol. The maximum Gasteiger partial charge on any atom is 0.306 e. The van der Waals surface area contributed by atoms with Crippen molar-refractivity contribution in [2.45, 2.75) is 38.0 Å². The van der Waals surface area contributed by atoms with E-state index in [0.29, 0.717) is 18.8 Å². The van der Waals surface area contributed by atoms with Gasteiger partial charge in [-0.3, -0.25) is 4.79 Å². The van der Waals surface area contributed by atoms with E-state index >= 15 is 0 Å². The number of aryl methyl sites for hydroxylation is 1. The van der Waals surface area contributed by atoms with Crippen molar-refractivity contribution in [1.29, 1.82) is 0 Å². The normalized spacial score (nSPS) is 10.6. The molecule has 0 radical (unpaired) electrons. The number of nitrogens with zero attached hydrogens (tertiary/aromatic N) is 2. The van der Waals surface area contributed by atoms with Crippen LogP contribution in [0.1, 0.15) is 30.9 Å². The van der Waals surface area contributed by atoms with Crippen LogP contribution in [0.25, 0.3) is 0 Å². The minimum absolute atomic E-state index is 0.155. The minimum Gasteiger partial charge on any atom is -0.466 e. The minimum atomic E-state index is -0.155. The third-order valence-corrected chi connectivity index (χ3v) is 5.23. The van der Waals surface area contributed by atoms with E-state index in [1.54, 1.807) is 0 Å². The summed E-state index contributed by atoms with van der Waals surface area (Å²) in [5, 5.41) is 12.3. The molecule has 1 aromatic carbocycles. The van der Waals surface area contributed by atoms with E-state index in [1.165, 1.54) is 34.2 Å². The molecule has 0 saturated heterocycles. The van der Waals surface area contributed by atoms with Crippen LogP contribution < -0.4 is 5.32 Å². The highest BCUT2D eigenvalue weighted by atomic mass is 32.2. The molecule has 0 unspecified atom stereocenters. The van der Waals surface area contributed by atoms with Crippen molar-refractivity contribution in [1.82, 2.24) is 10.2 Å². The van der Waals surface area contributed by atoms with Crippen molar-refractivity contribution < 1.29 is 9.53 Å². The second-order valence-corrected chi connectivity index (χ2v) is 7.38. The zero-order valence-corrected chi connectivity index (χ0v) is 15.2. The van der Waals surface area contributed by atoms with Gasteiger partial charge in [-0.05, 0) is 37.5 Å². The van der Waals surface area contributed by atoms with Crippen LogP contribution >= 0.6 is 23.1 Å². The topological polar surface area (TPSA) is 64.1 Å². The van der Waals surface area contributed by atoms with Gasteiger partial charge in [0.05, 0.1) is 13.0 Å². The Kier molecular flexibility index (Phi) is 6.85. The maximum atomic E-state index is 11.4. The molecule has 0 fully saturated rings. The highest BCUT2D eigenvalue weighted by Crippen LogP contribution is 2.29. The molecule has 5 nitrogen and oxygen atoms in total. The summed E-state index contributed by atoms with van der Waals surface area (Å²) in [5.41, 5.74) is 3.48. The van der Waals surface area contributed by atoms with Gasteiger partial charge in [0.1, 0.15) is 0 Å². The Morgan fingerprint density at radius 2 is 2.17 bits per heavy atom. The van der Waals surface area contributed by atoms with Gasteiger partial charge in [0.15, 0.2) is 4.34 Å². The third kappa shape index (κ3) is 5.51. The Bertz CT molecular complexity index is 659. The summed E-state index contributed by atoms with van der Waals surface area (Å²) < 4.78 is 5.89. The number of aromatic nitrogens is 2. The van der Waals surface area contributed by atoms with Crippen LogP contribution in [-0.4, -0.2) is 28.5 Å². The summed E-state index contributed by atoms with van der Waals surface area (Å²) in [6.07, 6.45) is 1.24. The Hall–Kier alpha value is -1.60. The van der Waals surface area contributed by atoms with Gasteiger partial charge in [-0.2, -0.15) is 0 Å². The summed E-state index contributed by atoms with van der Waals surface area (Å²) in [7, 11) is 0. The monoisotopic (exact) mass is 351 g/mol. The molecule has 23 heavy (non-hydrogen) atoms. The lowest BCUT2D eigenvalue weighted by molar-refractivity contribution is -0.143. The van der Waals surface area contributed by atoms with Crippen molar-refractivity contribution in [3.05, 3.63) is 29.3 Å². The number of thioether (sulfide) groups is 1. The highest BCUT2D eigenvalue weighted by molar-refractivity contribution is 8.01. The number of ether oxygens (including phenoxy) is 1. The van der Waals surface area contributed by atoms with Gasteiger partial charge in [0.2, 0.25) is 5.13 Å². The van der Waals surface area contributed by atoms with Crippen LogP contribution in [0.4, 0.5) is 10.8 Å². The van der Waals surface area contributed by atoms with Gasteiger partial charge in [-0.15, -0.1) is 10.2 Å². The molecule has 1 aromatic heterocycles. The SMILES string of the molecule is CCCOC(=O)CCSc1nnc(Nc2cccc(C)c2C)s1. The lowest BCUT2D eigenvalue weighted by Gasteiger charge is -2.08. The Balaban J connectivity index is 1.84. The zero-order chi connectivity index (χ0) is 16.7. The van der Waals surface area contributed by atoms with Gasteiger partial charge in [-0.1, -0.05) is 42.2 Å². The van der Waals surface area contributed by atoms with Crippen molar-refractivity contribution in [2.75, 3.05) is 17.7 Å².